The normalized spacial score (nSPS) is 22.6. The van der Waals surface area contributed by atoms with Crippen LogP contribution < -0.4 is 0 Å². The van der Waals surface area contributed by atoms with E-state index in [1.165, 1.54) is 22.5 Å². The molecule has 17 heavy (non-hydrogen) atoms. The Labute approximate surface area is 108 Å². The first kappa shape index (κ1) is 11.2. The molecule has 1 heteroatoms. The van der Waals surface area contributed by atoms with Gasteiger partial charge in [0.15, 0.2) is 0 Å². The molecule has 0 radical (unpaired) electrons. The fourth-order valence-corrected chi connectivity index (χ4v) is 4.25. The summed E-state index contributed by atoms with van der Waals surface area (Å²) in [5, 5.41) is 0. The van der Waals surface area contributed by atoms with Gasteiger partial charge in [-0.3, -0.25) is 0 Å². The molecule has 2 aliphatic rings. The molecule has 3 rings (SSSR count). The van der Waals surface area contributed by atoms with E-state index < -0.39 is 0 Å². The number of benzene rings is 1. The second-order valence-corrected chi connectivity index (χ2v) is 6.94. The van der Waals surface area contributed by atoms with Crippen molar-refractivity contribution in [3.63, 3.8) is 0 Å². The summed E-state index contributed by atoms with van der Waals surface area (Å²) in [4.78, 5) is 3.04. The Morgan fingerprint density at radius 1 is 1.18 bits per heavy atom. The van der Waals surface area contributed by atoms with Crippen LogP contribution in [0.3, 0.4) is 0 Å². The third-order valence-corrected chi connectivity index (χ3v) is 4.88. The predicted molar refractivity (Wildman–Crippen MR) is 75.3 cm³/mol. The van der Waals surface area contributed by atoms with Gasteiger partial charge in [-0.25, -0.2) is 0 Å². The first-order valence-corrected chi connectivity index (χ1v) is 7.07. The molecular formula is C16H18S. The molecule has 1 unspecified atom stereocenters. The maximum absolute atomic E-state index is 2.34. The van der Waals surface area contributed by atoms with E-state index in [4.69, 9.17) is 0 Å². The van der Waals surface area contributed by atoms with E-state index >= 15 is 0 Å². The number of hydrogen-bond donors (Lipinski definition) is 0. The van der Waals surface area contributed by atoms with Crippen LogP contribution in [-0.4, -0.2) is 0 Å². The first-order valence-electron chi connectivity index (χ1n) is 6.25. The van der Waals surface area contributed by atoms with Gasteiger partial charge in [0.25, 0.3) is 0 Å². The zero-order valence-electron chi connectivity index (χ0n) is 10.7. The van der Waals surface area contributed by atoms with Gasteiger partial charge >= 0.3 is 0 Å². The van der Waals surface area contributed by atoms with Crippen molar-refractivity contribution in [2.45, 2.75) is 38.0 Å². The number of rotatable bonds is 0. The zero-order chi connectivity index (χ0) is 12.0. The summed E-state index contributed by atoms with van der Waals surface area (Å²) in [6.45, 7) is 6.93. The molecule has 1 aliphatic heterocycles. The highest BCUT2D eigenvalue weighted by Crippen LogP contribution is 2.55. The predicted octanol–water partition coefficient (Wildman–Crippen LogP) is 5.14. The Balaban J connectivity index is 2.13. The van der Waals surface area contributed by atoms with Crippen LogP contribution in [0.25, 0.3) is 0 Å². The van der Waals surface area contributed by atoms with Crippen LogP contribution in [0.5, 0.6) is 0 Å². The third-order valence-electron chi connectivity index (χ3n) is 3.56. The summed E-state index contributed by atoms with van der Waals surface area (Å²) in [5.74, 6) is 0.621. The third kappa shape index (κ3) is 1.77. The van der Waals surface area contributed by atoms with Gasteiger partial charge in [-0.2, -0.15) is 0 Å². The van der Waals surface area contributed by atoms with Gasteiger partial charge in [-0.05, 0) is 29.0 Å². The number of allylic oxidation sites excluding steroid dienone is 4. The Kier molecular flexibility index (Phi) is 2.48. The van der Waals surface area contributed by atoms with E-state index in [2.05, 4.69) is 57.2 Å². The van der Waals surface area contributed by atoms with Crippen LogP contribution in [0.2, 0.25) is 0 Å². The monoisotopic (exact) mass is 242 g/mol. The molecule has 0 aromatic heterocycles. The summed E-state index contributed by atoms with van der Waals surface area (Å²) in [5.41, 5.74) is 3.30. The molecule has 1 aromatic carbocycles. The van der Waals surface area contributed by atoms with Gasteiger partial charge in [0, 0.05) is 15.7 Å². The van der Waals surface area contributed by atoms with Crippen LogP contribution >= 0.6 is 11.8 Å². The fourth-order valence-electron chi connectivity index (χ4n) is 2.69. The molecule has 1 atom stereocenters. The van der Waals surface area contributed by atoms with Gasteiger partial charge in [-0.15, -0.1) is 0 Å². The quantitative estimate of drug-likeness (QED) is 0.607. The minimum Gasteiger partial charge on any atom is -0.0933 e. The maximum atomic E-state index is 2.34. The Morgan fingerprint density at radius 2 is 1.94 bits per heavy atom. The number of hydrogen-bond acceptors (Lipinski definition) is 1. The minimum atomic E-state index is 0.250. The van der Waals surface area contributed by atoms with E-state index in [-0.39, 0.29) is 5.41 Å². The molecular weight excluding hydrogens is 224 g/mol. The molecule has 88 valence electrons. The average Bonchev–Trinajstić information content (AvgIpc) is 2.65. The largest absolute Gasteiger partial charge is 0.0933 e. The smallest absolute Gasteiger partial charge is 0.0201 e. The van der Waals surface area contributed by atoms with E-state index in [0.29, 0.717) is 5.92 Å². The van der Waals surface area contributed by atoms with Crippen molar-refractivity contribution >= 4 is 11.8 Å². The average molecular weight is 242 g/mol. The zero-order valence-corrected chi connectivity index (χ0v) is 11.5. The van der Waals surface area contributed by atoms with Crippen molar-refractivity contribution in [1.82, 2.24) is 0 Å². The lowest BCUT2D eigenvalue weighted by Crippen LogP contribution is -2.13. The highest BCUT2D eigenvalue weighted by atomic mass is 32.2. The molecule has 0 saturated carbocycles. The molecule has 0 saturated heterocycles. The van der Waals surface area contributed by atoms with Crippen molar-refractivity contribution < 1.29 is 0 Å². The lowest BCUT2D eigenvalue weighted by Gasteiger charge is -2.28. The lowest BCUT2D eigenvalue weighted by atomic mass is 9.79. The molecule has 0 bridgehead atoms. The van der Waals surface area contributed by atoms with E-state index in [1.807, 2.05) is 11.8 Å². The molecule has 0 amide bonds. The highest BCUT2D eigenvalue weighted by Gasteiger charge is 2.33. The summed E-state index contributed by atoms with van der Waals surface area (Å²) in [6.07, 6.45) is 5.85. The summed E-state index contributed by atoms with van der Waals surface area (Å²) >= 11 is 1.98. The van der Waals surface area contributed by atoms with Gasteiger partial charge in [0.05, 0.1) is 0 Å². The van der Waals surface area contributed by atoms with Gasteiger partial charge < -0.3 is 0 Å². The molecule has 0 N–H and O–H groups in total. The SMILES string of the molecule is CC(C)(C)C1=C2Sc3ccccc3C2CC=C1. The van der Waals surface area contributed by atoms with Gasteiger partial charge in [0.2, 0.25) is 0 Å². The van der Waals surface area contributed by atoms with Crippen LogP contribution in [0.1, 0.15) is 38.7 Å². The van der Waals surface area contributed by atoms with Crippen LogP contribution in [-0.2, 0) is 0 Å². The summed E-state index contributed by atoms with van der Waals surface area (Å²) in [7, 11) is 0. The Hall–Kier alpha value is -0.950. The maximum Gasteiger partial charge on any atom is 0.0201 e. The van der Waals surface area contributed by atoms with Crippen molar-refractivity contribution in [3.8, 4) is 0 Å². The standard InChI is InChI=1S/C16H18S/c1-16(2,3)13-9-6-8-12-11-7-4-5-10-14(11)17-15(12)13/h4-7,9-10,12H,8H2,1-3H3. The molecule has 1 aromatic rings. The van der Waals surface area contributed by atoms with E-state index in [1.54, 1.807) is 4.91 Å². The molecule has 1 aliphatic carbocycles. The van der Waals surface area contributed by atoms with Crippen molar-refractivity contribution in [1.29, 1.82) is 0 Å². The van der Waals surface area contributed by atoms with Crippen molar-refractivity contribution in [2.24, 2.45) is 5.41 Å². The molecule has 0 fully saturated rings. The van der Waals surface area contributed by atoms with E-state index in [0.717, 1.165) is 0 Å². The number of fused-ring (bicyclic) bond motifs is 3. The first-order chi connectivity index (χ1) is 8.07. The van der Waals surface area contributed by atoms with Gasteiger partial charge in [0.1, 0.15) is 0 Å². The van der Waals surface area contributed by atoms with Crippen LogP contribution in [0, 0.1) is 5.41 Å². The highest BCUT2D eigenvalue weighted by molar-refractivity contribution is 8.03. The van der Waals surface area contributed by atoms with Crippen LogP contribution in [0.4, 0.5) is 0 Å². The minimum absolute atomic E-state index is 0.250. The molecule has 0 spiro atoms. The summed E-state index contributed by atoms with van der Waals surface area (Å²) in [6, 6.07) is 8.86. The molecule has 1 heterocycles. The Bertz CT molecular complexity index is 515. The van der Waals surface area contributed by atoms with Crippen LogP contribution in [0.15, 0.2) is 51.8 Å². The Morgan fingerprint density at radius 3 is 2.71 bits per heavy atom. The lowest BCUT2D eigenvalue weighted by molar-refractivity contribution is 0.508. The second-order valence-electron chi connectivity index (χ2n) is 5.86. The van der Waals surface area contributed by atoms with Gasteiger partial charge in [-0.1, -0.05) is 62.9 Å². The topological polar surface area (TPSA) is 0 Å². The number of thioether (sulfide) groups is 1. The fraction of sp³-hybridized carbons (Fsp3) is 0.375. The second kappa shape index (κ2) is 3.78. The van der Waals surface area contributed by atoms with Crippen molar-refractivity contribution in [2.75, 3.05) is 0 Å². The summed E-state index contributed by atoms with van der Waals surface area (Å²) < 4.78 is 0. The van der Waals surface area contributed by atoms with E-state index in [9.17, 15) is 0 Å². The van der Waals surface area contributed by atoms with Crippen molar-refractivity contribution in [3.05, 3.63) is 52.5 Å². The molecule has 0 nitrogen and oxygen atoms in total.